The largest absolute Gasteiger partial charge is 0.354 e. The van der Waals surface area contributed by atoms with E-state index in [0.717, 1.165) is 57.1 Å². The maximum atomic E-state index is 12.1. The molecule has 0 bridgehead atoms. The minimum atomic E-state index is -0.173. The molecule has 0 spiro atoms. The van der Waals surface area contributed by atoms with Crippen molar-refractivity contribution in [2.24, 2.45) is 0 Å². The van der Waals surface area contributed by atoms with Crippen LogP contribution in [-0.2, 0) is 11.2 Å². The van der Waals surface area contributed by atoms with Crippen LogP contribution >= 0.6 is 0 Å². The molecule has 1 rings (SSSR count). The first kappa shape index (κ1) is 29.8. The van der Waals surface area contributed by atoms with Gasteiger partial charge in [0, 0.05) is 31.4 Å². The minimum absolute atomic E-state index is 0.0144. The van der Waals surface area contributed by atoms with Gasteiger partial charge in [-0.1, -0.05) is 74.6 Å². The molecule has 5 nitrogen and oxygen atoms in total. The fourth-order valence-electron chi connectivity index (χ4n) is 3.09. The molecule has 0 fully saturated rings. The van der Waals surface area contributed by atoms with Crippen LogP contribution in [0.25, 0.3) is 0 Å². The maximum Gasteiger partial charge on any atom is 0.252 e. The Balaban J connectivity index is 1.99. The summed E-state index contributed by atoms with van der Waals surface area (Å²) in [6, 6.07) is 3.63. The number of amides is 2. The molecule has 1 heterocycles. The number of carbonyl (C=O) groups is 2. The number of hydrogen-bond donors (Lipinski definition) is 2. The van der Waals surface area contributed by atoms with Crippen LogP contribution in [0.5, 0.6) is 0 Å². The van der Waals surface area contributed by atoms with E-state index in [-0.39, 0.29) is 11.8 Å². The Kier molecular flexibility index (Phi) is 18.2. The van der Waals surface area contributed by atoms with E-state index in [9.17, 15) is 9.59 Å². The van der Waals surface area contributed by atoms with Crippen LogP contribution in [0.4, 0.5) is 0 Å². The third kappa shape index (κ3) is 17.0. The molecule has 0 aliphatic heterocycles. The molecule has 1 aromatic heterocycles. The van der Waals surface area contributed by atoms with Crippen molar-refractivity contribution in [2.75, 3.05) is 13.1 Å². The third-order valence-corrected chi connectivity index (χ3v) is 5.11. The van der Waals surface area contributed by atoms with Gasteiger partial charge in [0.25, 0.3) is 5.91 Å². The van der Waals surface area contributed by atoms with Gasteiger partial charge >= 0.3 is 0 Å². The SMILES string of the molecule is CC/C=C\C/C=C\C/C=C\C/C=C\C/C=C\CCCC(=O)NCCNC(=O)c1ccc(CC)nc1. The van der Waals surface area contributed by atoms with Gasteiger partial charge < -0.3 is 10.6 Å². The molecule has 0 aromatic carbocycles. The summed E-state index contributed by atoms with van der Waals surface area (Å²) in [7, 11) is 0. The van der Waals surface area contributed by atoms with Crippen molar-refractivity contribution in [3.63, 3.8) is 0 Å². The van der Waals surface area contributed by atoms with E-state index >= 15 is 0 Å². The highest BCUT2D eigenvalue weighted by Crippen LogP contribution is 2.01. The summed E-state index contributed by atoms with van der Waals surface area (Å²) < 4.78 is 0. The van der Waals surface area contributed by atoms with Crippen LogP contribution in [-0.4, -0.2) is 29.9 Å². The third-order valence-electron chi connectivity index (χ3n) is 5.11. The van der Waals surface area contributed by atoms with Gasteiger partial charge in [0.15, 0.2) is 0 Å². The predicted octanol–water partition coefficient (Wildman–Crippen LogP) is 6.41. The molecule has 5 heteroatoms. The highest BCUT2D eigenvalue weighted by molar-refractivity contribution is 5.93. The molecule has 0 saturated heterocycles. The normalized spacial score (nSPS) is 12.1. The molecule has 1 aromatic rings. The van der Waals surface area contributed by atoms with Gasteiger partial charge in [-0.25, -0.2) is 0 Å². The highest BCUT2D eigenvalue weighted by Gasteiger charge is 2.05. The lowest BCUT2D eigenvalue weighted by Gasteiger charge is -2.07. The Morgan fingerprint density at radius 2 is 1.34 bits per heavy atom. The van der Waals surface area contributed by atoms with E-state index in [0.29, 0.717) is 25.1 Å². The second kappa shape index (κ2) is 21.3. The number of aryl methyl sites for hydroxylation is 1. The monoisotopic (exact) mass is 477 g/mol. The molecule has 35 heavy (non-hydrogen) atoms. The molecule has 0 atom stereocenters. The van der Waals surface area contributed by atoms with Crippen molar-refractivity contribution in [3.8, 4) is 0 Å². The molecule has 2 N–H and O–H groups in total. The van der Waals surface area contributed by atoms with Crippen molar-refractivity contribution >= 4 is 11.8 Å². The van der Waals surface area contributed by atoms with E-state index in [2.05, 4.69) is 83.3 Å². The van der Waals surface area contributed by atoms with Crippen LogP contribution < -0.4 is 10.6 Å². The zero-order chi connectivity index (χ0) is 25.4. The molecule has 0 saturated carbocycles. The molecular formula is C30H43N3O2. The molecular weight excluding hydrogens is 434 g/mol. The summed E-state index contributed by atoms with van der Waals surface area (Å²) >= 11 is 0. The number of unbranched alkanes of at least 4 members (excludes halogenated alkanes) is 1. The van der Waals surface area contributed by atoms with Gasteiger partial charge in [0.1, 0.15) is 0 Å². The molecule has 0 unspecified atom stereocenters. The van der Waals surface area contributed by atoms with Crippen LogP contribution in [0.2, 0.25) is 0 Å². The first-order valence-corrected chi connectivity index (χ1v) is 12.9. The van der Waals surface area contributed by atoms with E-state index in [1.165, 1.54) is 0 Å². The predicted molar refractivity (Wildman–Crippen MR) is 147 cm³/mol. The highest BCUT2D eigenvalue weighted by atomic mass is 16.2. The average Bonchev–Trinajstić information content (AvgIpc) is 2.88. The quantitative estimate of drug-likeness (QED) is 0.189. The van der Waals surface area contributed by atoms with Crippen molar-refractivity contribution in [2.45, 2.75) is 71.6 Å². The molecule has 190 valence electrons. The lowest BCUT2D eigenvalue weighted by atomic mass is 10.2. The van der Waals surface area contributed by atoms with E-state index in [4.69, 9.17) is 0 Å². The zero-order valence-electron chi connectivity index (χ0n) is 21.5. The summed E-state index contributed by atoms with van der Waals surface area (Å²) in [5.41, 5.74) is 1.49. The second-order valence-electron chi connectivity index (χ2n) is 8.10. The standard InChI is InChI=1S/C30H43N3O2/c1-3-5-6-7-8-9-10-11-12-13-14-15-16-17-18-19-20-21-29(34)31-24-25-32-30(35)27-22-23-28(4-2)33-26-27/h5-6,8-9,11-12,14-15,17-18,22-23,26H,3-4,7,10,13,16,19-21,24-25H2,1-2H3,(H,31,34)(H,32,35)/b6-5-,9-8-,12-11-,15-14-,18-17-. The summed E-state index contributed by atoms with van der Waals surface area (Å²) in [6.45, 7) is 4.99. The van der Waals surface area contributed by atoms with Crippen molar-refractivity contribution in [1.29, 1.82) is 0 Å². The smallest absolute Gasteiger partial charge is 0.252 e. The fourth-order valence-corrected chi connectivity index (χ4v) is 3.09. The second-order valence-corrected chi connectivity index (χ2v) is 8.10. The van der Waals surface area contributed by atoms with Crippen LogP contribution in [0.1, 0.15) is 81.3 Å². The number of aromatic nitrogens is 1. The van der Waals surface area contributed by atoms with Gasteiger partial charge in [-0.2, -0.15) is 0 Å². The summed E-state index contributed by atoms with van der Waals surface area (Å²) in [6.07, 6.45) is 31.4. The molecule has 0 aliphatic rings. The molecule has 0 aliphatic carbocycles. The van der Waals surface area contributed by atoms with E-state index in [1.807, 2.05) is 13.0 Å². The van der Waals surface area contributed by atoms with Gasteiger partial charge in [0.2, 0.25) is 5.91 Å². The summed E-state index contributed by atoms with van der Waals surface area (Å²) in [4.78, 5) is 28.2. The Hall–Kier alpha value is -3.21. The van der Waals surface area contributed by atoms with Gasteiger partial charge in [0.05, 0.1) is 5.56 Å². The Morgan fingerprint density at radius 3 is 1.89 bits per heavy atom. The number of carbonyl (C=O) groups excluding carboxylic acids is 2. The number of hydrogen-bond acceptors (Lipinski definition) is 3. The summed E-state index contributed by atoms with van der Waals surface area (Å²) in [5, 5.41) is 5.64. The number of allylic oxidation sites excluding steroid dienone is 10. The van der Waals surface area contributed by atoms with Crippen LogP contribution in [0.3, 0.4) is 0 Å². The van der Waals surface area contributed by atoms with E-state index < -0.39 is 0 Å². The number of nitrogens with one attached hydrogen (secondary N) is 2. The van der Waals surface area contributed by atoms with Crippen molar-refractivity contribution < 1.29 is 9.59 Å². The topological polar surface area (TPSA) is 71.1 Å². The zero-order valence-corrected chi connectivity index (χ0v) is 21.5. The Labute approximate surface area is 212 Å². The lowest BCUT2D eigenvalue weighted by Crippen LogP contribution is -2.34. The van der Waals surface area contributed by atoms with E-state index in [1.54, 1.807) is 12.3 Å². The minimum Gasteiger partial charge on any atom is -0.354 e. The van der Waals surface area contributed by atoms with Crippen LogP contribution in [0, 0.1) is 0 Å². The van der Waals surface area contributed by atoms with Crippen molar-refractivity contribution in [3.05, 3.63) is 90.3 Å². The molecule has 2 amide bonds. The average molecular weight is 478 g/mol. The Bertz CT molecular complexity index is 849. The number of pyridine rings is 1. The summed E-state index contributed by atoms with van der Waals surface area (Å²) in [5.74, 6) is -0.159. The van der Waals surface area contributed by atoms with Crippen molar-refractivity contribution in [1.82, 2.24) is 15.6 Å². The number of rotatable bonds is 18. The fraction of sp³-hybridized carbons (Fsp3) is 0.433. The van der Waals surface area contributed by atoms with Gasteiger partial charge in [-0.05, 0) is 63.5 Å². The van der Waals surface area contributed by atoms with Crippen LogP contribution in [0.15, 0.2) is 79.1 Å². The first-order chi connectivity index (χ1) is 17.2. The number of nitrogens with zero attached hydrogens (tertiary/aromatic N) is 1. The molecule has 0 radical (unpaired) electrons. The lowest BCUT2D eigenvalue weighted by molar-refractivity contribution is -0.121. The van der Waals surface area contributed by atoms with Gasteiger partial charge in [-0.15, -0.1) is 0 Å². The maximum absolute atomic E-state index is 12.1. The van der Waals surface area contributed by atoms with Gasteiger partial charge in [-0.3, -0.25) is 14.6 Å². The Morgan fingerprint density at radius 1 is 0.771 bits per heavy atom. The first-order valence-electron chi connectivity index (χ1n) is 12.9.